The number of nitrogens with one attached hydrogen (secondary N) is 1. The lowest BCUT2D eigenvalue weighted by atomic mass is 9.88. The van der Waals surface area contributed by atoms with Crippen LogP contribution in [-0.2, 0) is 0 Å². The van der Waals surface area contributed by atoms with Gasteiger partial charge in [0.1, 0.15) is 5.56 Å². The number of hydrogen-bond donors (Lipinski definition) is 2. The van der Waals surface area contributed by atoms with Gasteiger partial charge in [-0.1, -0.05) is 12.2 Å². The third kappa shape index (κ3) is 4.56. The Kier molecular flexibility index (Phi) is 6.78. The smallest absolute Gasteiger partial charge is 0.257 e. The minimum Gasteiger partial charge on any atom is -0.481 e. The molecule has 1 aromatic heterocycles. The van der Waals surface area contributed by atoms with E-state index >= 15 is 0 Å². The van der Waals surface area contributed by atoms with Crippen molar-refractivity contribution in [1.82, 2.24) is 10.3 Å². The molecule has 1 rings (SSSR count). The van der Waals surface area contributed by atoms with Crippen LogP contribution in [0.4, 0.5) is 0 Å². The maximum Gasteiger partial charge on any atom is 0.257 e. The number of pyridine rings is 1. The van der Waals surface area contributed by atoms with Crippen LogP contribution in [0.3, 0.4) is 0 Å². The van der Waals surface area contributed by atoms with Gasteiger partial charge in [0.25, 0.3) is 5.91 Å². The Hall–Kier alpha value is -2.34. The minimum atomic E-state index is -1.15. The van der Waals surface area contributed by atoms with Gasteiger partial charge in [-0.05, 0) is 25.8 Å². The van der Waals surface area contributed by atoms with Gasteiger partial charge in [-0.25, -0.2) is 0 Å². The van der Waals surface area contributed by atoms with Crippen LogP contribution in [-0.4, -0.2) is 41.9 Å². The summed E-state index contributed by atoms with van der Waals surface area (Å²) < 4.78 is 10.1. The first-order valence-corrected chi connectivity index (χ1v) is 7.26. The second kappa shape index (κ2) is 8.33. The van der Waals surface area contributed by atoms with E-state index < -0.39 is 17.6 Å². The van der Waals surface area contributed by atoms with Gasteiger partial charge >= 0.3 is 0 Å². The van der Waals surface area contributed by atoms with Crippen LogP contribution in [0.2, 0.25) is 0 Å². The fraction of sp³-hybridized carbons (Fsp3) is 0.412. The molecule has 1 aromatic rings. The van der Waals surface area contributed by atoms with E-state index in [0.717, 1.165) is 0 Å². The monoisotopic (exact) mass is 320 g/mol. The number of carbonyl (C=O) groups is 1. The fourth-order valence-corrected chi connectivity index (χ4v) is 2.21. The Balaban J connectivity index is 2.97. The molecule has 0 saturated carbocycles. The molecule has 0 aliphatic heterocycles. The highest BCUT2D eigenvalue weighted by atomic mass is 16.5. The third-order valence-corrected chi connectivity index (χ3v) is 3.63. The zero-order valence-corrected chi connectivity index (χ0v) is 13.8. The molecule has 0 aliphatic carbocycles. The molecule has 0 saturated heterocycles. The lowest BCUT2D eigenvalue weighted by Crippen LogP contribution is -2.50. The lowest BCUT2D eigenvalue weighted by Gasteiger charge is -2.33. The van der Waals surface area contributed by atoms with Crippen molar-refractivity contribution in [2.24, 2.45) is 0 Å². The van der Waals surface area contributed by atoms with Crippen molar-refractivity contribution in [2.75, 3.05) is 14.2 Å². The van der Waals surface area contributed by atoms with E-state index in [1.165, 1.54) is 14.2 Å². The van der Waals surface area contributed by atoms with Gasteiger partial charge in [0, 0.05) is 6.07 Å². The first kappa shape index (κ1) is 18.7. The van der Waals surface area contributed by atoms with Gasteiger partial charge in [-0.2, -0.15) is 4.98 Å². The summed E-state index contributed by atoms with van der Waals surface area (Å²) >= 11 is 0. The van der Waals surface area contributed by atoms with Gasteiger partial charge in [0.2, 0.25) is 11.8 Å². The third-order valence-electron chi connectivity index (χ3n) is 3.63. The minimum absolute atomic E-state index is 0.157. The van der Waals surface area contributed by atoms with Crippen molar-refractivity contribution in [2.45, 2.75) is 31.4 Å². The van der Waals surface area contributed by atoms with Crippen LogP contribution in [0, 0.1) is 0 Å². The summed E-state index contributed by atoms with van der Waals surface area (Å²) in [6.07, 6.45) is 3.89. The van der Waals surface area contributed by atoms with Crippen molar-refractivity contribution in [3.8, 4) is 11.8 Å². The van der Waals surface area contributed by atoms with E-state index in [-0.39, 0.29) is 11.4 Å². The predicted octanol–water partition coefficient (Wildman–Crippen LogP) is 2.10. The maximum atomic E-state index is 12.5. The van der Waals surface area contributed by atoms with E-state index in [4.69, 9.17) is 9.47 Å². The number of rotatable bonds is 9. The van der Waals surface area contributed by atoms with Crippen molar-refractivity contribution in [3.05, 3.63) is 43.0 Å². The van der Waals surface area contributed by atoms with E-state index in [1.807, 2.05) is 0 Å². The molecule has 6 nitrogen and oxygen atoms in total. The maximum absolute atomic E-state index is 12.5. The molecule has 0 fully saturated rings. The Morgan fingerprint density at radius 1 is 1.35 bits per heavy atom. The van der Waals surface area contributed by atoms with Crippen LogP contribution in [0.15, 0.2) is 37.4 Å². The molecule has 6 heteroatoms. The number of nitrogens with zero attached hydrogens (tertiary/aromatic N) is 1. The van der Waals surface area contributed by atoms with E-state index in [1.54, 1.807) is 31.2 Å². The lowest BCUT2D eigenvalue weighted by molar-refractivity contribution is 0.0127. The number of amides is 1. The number of hydrogen-bond acceptors (Lipinski definition) is 5. The van der Waals surface area contributed by atoms with Gasteiger partial charge in [0.05, 0.1) is 25.9 Å². The van der Waals surface area contributed by atoms with Crippen LogP contribution in [0.1, 0.15) is 30.1 Å². The molecule has 1 amide bonds. The Labute approximate surface area is 136 Å². The summed E-state index contributed by atoms with van der Waals surface area (Å²) in [6.45, 7) is 9.02. The second-order valence-electron chi connectivity index (χ2n) is 5.19. The molecular weight excluding hydrogens is 296 g/mol. The molecule has 1 heterocycles. The first-order chi connectivity index (χ1) is 10.9. The Morgan fingerprint density at radius 2 is 1.96 bits per heavy atom. The average molecular weight is 320 g/mol. The van der Waals surface area contributed by atoms with Crippen LogP contribution in [0.5, 0.6) is 11.8 Å². The standard InChI is InChI=1S/C17H24N2O4/c1-6-10-17(21,11-7-2)12(3)18-15(20)13-8-9-14(22-4)19-16(13)23-5/h6-9,12,21H,1-2,10-11H2,3-5H3,(H,18,20)/t12-/m0/s1. The number of aliphatic hydroxyl groups is 1. The quantitative estimate of drug-likeness (QED) is 0.681. The zero-order chi connectivity index (χ0) is 17.5. The SMILES string of the molecule is C=CCC(O)(CC=C)[C@H](C)NC(=O)c1ccc(OC)nc1OC. The van der Waals surface area contributed by atoms with Gasteiger partial charge in [0.15, 0.2) is 0 Å². The number of carbonyl (C=O) groups excluding carboxylic acids is 1. The molecule has 0 aromatic carbocycles. The Morgan fingerprint density at radius 3 is 2.43 bits per heavy atom. The number of ether oxygens (including phenoxy) is 2. The van der Waals surface area contributed by atoms with Gasteiger partial charge in [-0.3, -0.25) is 4.79 Å². The Bertz CT molecular complexity index is 562. The molecule has 126 valence electrons. The fourth-order valence-electron chi connectivity index (χ4n) is 2.21. The highest BCUT2D eigenvalue weighted by Crippen LogP contribution is 2.23. The molecule has 2 N–H and O–H groups in total. The summed E-state index contributed by atoms with van der Waals surface area (Å²) in [5, 5.41) is 13.4. The largest absolute Gasteiger partial charge is 0.481 e. The van der Waals surface area contributed by atoms with Crippen molar-refractivity contribution in [3.63, 3.8) is 0 Å². The van der Waals surface area contributed by atoms with Crippen molar-refractivity contribution < 1.29 is 19.4 Å². The normalized spacial score (nSPS) is 12.2. The van der Waals surface area contributed by atoms with Crippen LogP contribution in [0.25, 0.3) is 0 Å². The highest BCUT2D eigenvalue weighted by Gasteiger charge is 2.33. The highest BCUT2D eigenvalue weighted by molar-refractivity contribution is 5.96. The summed E-state index contributed by atoms with van der Waals surface area (Å²) in [4.78, 5) is 16.5. The molecule has 0 spiro atoms. The molecule has 0 aliphatic rings. The molecule has 0 bridgehead atoms. The molecule has 1 atom stereocenters. The van der Waals surface area contributed by atoms with E-state index in [0.29, 0.717) is 18.7 Å². The van der Waals surface area contributed by atoms with Crippen molar-refractivity contribution in [1.29, 1.82) is 0 Å². The number of methoxy groups -OCH3 is 2. The topological polar surface area (TPSA) is 80.7 Å². The second-order valence-corrected chi connectivity index (χ2v) is 5.19. The van der Waals surface area contributed by atoms with Gasteiger partial charge in [-0.15, -0.1) is 13.2 Å². The average Bonchev–Trinajstić information content (AvgIpc) is 2.54. The zero-order valence-electron chi connectivity index (χ0n) is 13.8. The summed E-state index contributed by atoms with van der Waals surface area (Å²) in [5.74, 6) is 0.113. The summed E-state index contributed by atoms with van der Waals surface area (Å²) in [7, 11) is 2.90. The molecule has 0 unspecified atom stereocenters. The van der Waals surface area contributed by atoms with Crippen LogP contribution >= 0.6 is 0 Å². The summed E-state index contributed by atoms with van der Waals surface area (Å²) in [5.41, 5.74) is -0.883. The molecule has 0 radical (unpaired) electrons. The number of aromatic nitrogens is 1. The molecule has 23 heavy (non-hydrogen) atoms. The van der Waals surface area contributed by atoms with E-state index in [2.05, 4.69) is 23.5 Å². The molecular formula is C17H24N2O4. The first-order valence-electron chi connectivity index (χ1n) is 7.26. The van der Waals surface area contributed by atoms with Crippen LogP contribution < -0.4 is 14.8 Å². The van der Waals surface area contributed by atoms with Gasteiger partial charge < -0.3 is 19.9 Å². The van der Waals surface area contributed by atoms with E-state index in [9.17, 15) is 9.90 Å². The van der Waals surface area contributed by atoms with Crippen molar-refractivity contribution >= 4 is 5.91 Å². The predicted molar refractivity (Wildman–Crippen MR) is 88.8 cm³/mol. The summed E-state index contributed by atoms with van der Waals surface area (Å²) in [6, 6.07) is 2.62.